The zero-order chi connectivity index (χ0) is 15.0. The van der Waals surface area contributed by atoms with Gasteiger partial charge < -0.3 is 10.0 Å². The summed E-state index contributed by atoms with van der Waals surface area (Å²) < 4.78 is 1.56. The number of carboxylic acid groups (broad SMARTS) is 1. The standard InChI is InChI=1S/C13H18ClN3O3/c1-7(13(19)20)6-17(9-4-5-9)12(18)11-10(14)8(2)16(3)15-11/h7,9H,4-6H2,1-3H3,(H,19,20). The fourth-order valence-electron chi connectivity index (χ4n) is 2.01. The summed E-state index contributed by atoms with van der Waals surface area (Å²) in [7, 11) is 1.72. The number of aliphatic carboxylic acids is 1. The molecule has 1 heterocycles. The second-order valence-corrected chi connectivity index (χ2v) is 5.68. The third-order valence-electron chi connectivity index (χ3n) is 3.60. The van der Waals surface area contributed by atoms with Gasteiger partial charge in [0.1, 0.15) is 0 Å². The molecule has 20 heavy (non-hydrogen) atoms. The number of carbonyl (C=O) groups excluding carboxylic acids is 1. The van der Waals surface area contributed by atoms with Crippen molar-refractivity contribution in [3.8, 4) is 0 Å². The molecule has 1 N–H and O–H groups in total. The van der Waals surface area contributed by atoms with Gasteiger partial charge in [-0.05, 0) is 19.8 Å². The molecule has 1 atom stereocenters. The van der Waals surface area contributed by atoms with Gasteiger partial charge >= 0.3 is 5.97 Å². The summed E-state index contributed by atoms with van der Waals surface area (Å²) in [5.41, 5.74) is 0.924. The van der Waals surface area contributed by atoms with Gasteiger partial charge in [0.2, 0.25) is 0 Å². The predicted octanol–water partition coefficient (Wildman–Crippen LogP) is 1.71. The lowest BCUT2D eigenvalue weighted by Gasteiger charge is -2.23. The number of hydrogen-bond donors (Lipinski definition) is 1. The van der Waals surface area contributed by atoms with E-state index in [0.29, 0.717) is 5.02 Å². The molecule has 1 aromatic rings. The van der Waals surface area contributed by atoms with Gasteiger partial charge in [-0.2, -0.15) is 5.10 Å². The quantitative estimate of drug-likeness (QED) is 0.898. The zero-order valence-corrected chi connectivity index (χ0v) is 12.5. The van der Waals surface area contributed by atoms with Crippen LogP contribution in [0.2, 0.25) is 5.02 Å². The lowest BCUT2D eigenvalue weighted by Crippen LogP contribution is -2.39. The van der Waals surface area contributed by atoms with Crippen molar-refractivity contribution in [3.05, 3.63) is 16.4 Å². The van der Waals surface area contributed by atoms with E-state index in [2.05, 4.69) is 5.10 Å². The van der Waals surface area contributed by atoms with Crippen molar-refractivity contribution in [3.63, 3.8) is 0 Å². The van der Waals surface area contributed by atoms with Gasteiger partial charge in [0.15, 0.2) is 5.69 Å². The van der Waals surface area contributed by atoms with Crippen molar-refractivity contribution in [1.29, 1.82) is 0 Å². The topological polar surface area (TPSA) is 75.4 Å². The Labute approximate surface area is 122 Å². The number of aromatic nitrogens is 2. The molecule has 2 rings (SSSR count). The summed E-state index contributed by atoms with van der Waals surface area (Å²) in [6.07, 6.45) is 1.81. The Bertz CT molecular complexity index is 551. The van der Waals surface area contributed by atoms with Gasteiger partial charge in [-0.25, -0.2) is 0 Å². The number of carbonyl (C=O) groups is 2. The Morgan fingerprint density at radius 1 is 1.55 bits per heavy atom. The fourth-order valence-corrected chi connectivity index (χ4v) is 2.25. The molecular formula is C13H18ClN3O3. The van der Waals surface area contributed by atoms with Gasteiger partial charge in [0.05, 0.1) is 16.6 Å². The van der Waals surface area contributed by atoms with Crippen molar-refractivity contribution in [2.45, 2.75) is 32.7 Å². The minimum absolute atomic E-state index is 0.114. The van der Waals surface area contributed by atoms with Crippen LogP contribution < -0.4 is 0 Å². The van der Waals surface area contributed by atoms with Gasteiger partial charge in [-0.3, -0.25) is 14.3 Å². The van der Waals surface area contributed by atoms with Crippen molar-refractivity contribution in [2.24, 2.45) is 13.0 Å². The molecule has 0 bridgehead atoms. The lowest BCUT2D eigenvalue weighted by molar-refractivity contribution is -0.141. The van der Waals surface area contributed by atoms with Gasteiger partial charge in [0, 0.05) is 19.6 Å². The number of aryl methyl sites for hydroxylation is 1. The van der Waals surface area contributed by atoms with E-state index < -0.39 is 11.9 Å². The largest absolute Gasteiger partial charge is 0.481 e. The van der Waals surface area contributed by atoms with Crippen LogP contribution in [0.25, 0.3) is 0 Å². The molecule has 0 aliphatic heterocycles. The number of rotatable bonds is 5. The summed E-state index contributed by atoms with van der Waals surface area (Å²) in [5, 5.41) is 13.5. The summed E-state index contributed by atoms with van der Waals surface area (Å²) in [6, 6.07) is 0.114. The number of nitrogens with zero attached hydrogens (tertiary/aromatic N) is 3. The molecule has 0 spiro atoms. The molecule has 110 valence electrons. The molecule has 1 aliphatic rings. The molecule has 1 fully saturated rings. The van der Waals surface area contributed by atoms with Crippen LogP contribution in [0.3, 0.4) is 0 Å². The molecular weight excluding hydrogens is 282 g/mol. The third kappa shape index (κ3) is 2.80. The highest BCUT2D eigenvalue weighted by Crippen LogP contribution is 2.30. The maximum atomic E-state index is 12.5. The monoisotopic (exact) mass is 299 g/mol. The van der Waals surface area contributed by atoms with Crippen LogP contribution in [0.4, 0.5) is 0 Å². The van der Waals surface area contributed by atoms with Crippen LogP contribution in [0.1, 0.15) is 35.9 Å². The SMILES string of the molecule is Cc1c(Cl)c(C(=O)N(CC(C)C(=O)O)C2CC2)nn1C. The summed E-state index contributed by atoms with van der Waals surface area (Å²) >= 11 is 6.13. The zero-order valence-electron chi connectivity index (χ0n) is 11.8. The van der Waals surface area contributed by atoms with Crippen molar-refractivity contribution in [2.75, 3.05) is 6.54 Å². The Kier molecular flexibility index (Phi) is 4.04. The van der Waals surface area contributed by atoms with Gasteiger partial charge in [-0.15, -0.1) is 0 Å². The van der Waals surface area contributed by atoms with Crippen LogP contribution in [0, 0.1) is 12.8 Å². The first-order valence-corrected chi connectivity index (χ1v) is 6.93. The van der Waals surface area contributed by atoms with Crippen LogP contribution in [0.15, 0.2) is 0 Å². The van der Waals surface area contributed by atoms with E-state index in [0.717, 1.165) is 18.5 Å². The first-order valence-electron chi connectivity index (χ1n) is 6.55. The Hall–Kier alpha value is -1.56. The molecule has 7 heteroatoms. The summed E-state index contributed by atoms with van der Waals surface area (Å²) in [4.78, 5) is 25.1. The molecule has 1 amide bonds. The minimum atomic E-state index is -0.910. The van der Waals surface area contributed by atoms with Crippen LogP contribution in [-0.4, -0.2) is 44.3 Å². The highest BCUT2D eigenvalue weighted by atomic mass is 35.5. The molecule has 1 aromatic heterocycles. The summed E-state index contributed by atoms with van der Waals surface area (Å²) in [6.45, 7) is 3.56. The average molecular weight is 300 g/mol. The second kappa shape index (κ2) is 5.44. The van der Waals surface area contributed by atoms with E-state index >= 15 is 0 Å². The molecule has 0 saturated heterocycles. The van der Waals surface area contributed by atoms with Gasteiger partial charge in [-0.1, -0.05) is 18.5 Å². The Morgan fingerprint density at radius 3 is 2.55 bits per heavy atom. The Balaban J connectivity index is 2.23. The van der Waals surface area contributed by atoms with E-state index in [1.54, 1.807) is 30.5 Å². The highest BCUT2D eigenvalue weighted by molar-refractivity contribution is 6.34. The molecule has 1 aliphatic carbocycles. The van der Waals surface area contributed by atoms with Crippen molar-refractivity contribution in [1.82, 2.24) is 14.7 Å². The highest BCUT2D eigenvalue weighted by Gasteiger charge is 2.36. The normalized spacial score (nSPS) is 16.0. The van der Waals surface area contributed by atoms with E-state index in [-0.39, 0.29) is 24.2 Å². The average Bonchev–Trinajstić information content (AvgIpc) is 3.19. The number of hydrogen-bond acceptors (Lipinski definition) is 3. The lowest BCUT2D eigenvalue weighted by atomic mass is 10.1. The van der Waals surface area contributed by atoms with Crippen molar-refractivity contribution >= 4 is 23.5 Å². The maximum Gasteiger partial charge on any atom is 0.308 e. The number of carboxylic acids is 1. The van der Waals surface area contributed by atoms with Crippen LogP contribution in [-0.2, 0) is 11.8 Å². The van der Waals surface area contributed by atoms with E-state index in [4.69, 9.17) is 16.7 Å². The fraction of sp³-hybridized carbons (Fsp3) is 0.615. The molecule has 1 unspecified atom stereocenters. The third-order valence-corrected chi connectivity index (χ3v) is 4.06. The van der Waals surface area contributed by atoms with E-state index in [9.17, 15) is 9.59 Å². The molecule has 6 nitrogen and oxygen atoms in total. The van der Waals surface area contributed by atoms with E-state index in [1.807, 2.05) is 0 Å². The second-order valence-electron chi connectivity index (χ2n) is 5.30. The van der Waals surface area contributed by atoms with E-state index in [1.165, 1.54) is 0 Å². The smallest absolute Gasteiger partial charge is 0.308 e. The molecule has 0 radical (unpaired) electrons. The first kappa shape index (κ1) is 14.8. The Morgan fingerprint density at radius 2 is 2.15 bits per heavy atom. The van der Waals surface area contributed by atoms with Crippen LogP contribution >= 0.6 is 11.6 Å². The van der Waals surface area contributed by atoms with Gasteiger partial charge in [0.25, 0.3) is 5.91 Å². The predicted molar refractivity (Wildman–Crippen MR) is 73.8 cm³/mol. The first-order chi connectivity index (χ1) is 9.32. The van der Waals surface area contributed by atoms with Crippen molar-refractivity contribution < 1.29 is 14.7 Å². The van der Waals surface area contributed by atoms with Crippen LogP contribution in [0.5, 0.6) is 0 Å². The number of amides is 1. The number of halogens is 1. The molecule has 0 aromatic carbocycles. The minimum Gasteiger partial charge on any atom is -0.481 e. The maximum absolute atomic E-state index is 12.5. The summed E-state index contributed by atoms with van der Waals surface area (Å²) in [5.74, 6) is -1.80. The molecule has 1 saturated carbocycles.